The number of anilines is 1. The Kier molecular flexibility index (Phi) is 3.17. The van der Waals surface area contributed by atoms with Crippen molar-refractivity contribution in [3.8, 4) is 0 Å². The van der Waals surface area contributed by atoms with Gasteiger partial charge in [-0.15, -0.1) is 10.2 Å². The Hall–Kier alpha value is -1.21. The maximum Gasteiger partial charge on any atom is 0.324 e. The van der Waals surface area contributed by atoms with E-state index in [0.29, 0.717) is 30.8 Å². The van der Waals surface area contributed by atoms with E-state index >= 15 is 0 Å². The van der Waals surface area contributed by atoms with E-state index in [2.05, 4.69) is 15.5 Å². The van der Waals surface area contributed by atoms with Crippen LogP contribution < -0.4 is 5.32 Å². The van der Waals surface area contributed by atoms with Crippen LogP contribution in [0, 0.1) is 0 Å². The minimum atomic E-state index is -0.107. The van der Waals surface area contributed by atoms with Crippen LogP contribution in [0.25, 0.3) is 0 Å². The van der Waals surface area contributed by atoms with Crippen LogP contribution in [0.4, 0.5) is 9.93 Å². The van der Waals surface area contributed by atoms with Crippen molar-refractivity contribution in [3.63, 3.8) is 0 Å². The number of aromatic nitrogens is 2. The maximum atomic E-state index is 12.1. The Labute approximate surface area is 109 Å². The number of hydrogen-bond acceptors (Lipinski definition) is 5. The van der Waals surface area contributed by atoms with Gasteiger partial charge in [-0.2, -0.15) is 0 Å². The number of nitrogens with zero attached hydrogens (tertiary/aromatic N) is 3. The lowest BCUT2D eigenvalue weighted by Crippen LogP contribution is -2.48. The Bertz CT molecular complexity index is 446. The number of nitrogens with one attached hydrogen (secondary N) is 1. The van der Waals surface area contributed by atoms with E-state index in [1.165, 1.54) is 24.2 Å². The first-order chi connectivity index (χ1) is 8.74. The molecule has 0 radical (unpaired) electrons. The summed E-state index contributed by atoms with van der Waals surface area (Å²) >= 11 is 1.48. The lowest BCUT2D eigenvalue weighted by atomic mass is 10.3. The predicted octanol–water partition coefficient (Wildman–Crippen LogP) is 1.67. The summed E-state index contributed by atoms with van der Waals surface area (Å²) in [6.45, 7) is 3.80. The topological polar surface area (TPSA) is 67.3 Å². The fourth-order valence-electron chi connectivity index (χ4n) is 1.97. The van der Waals surface area contributed by atoms with Gasteiger partial charge in [0, 0.05) is 12.5 Å². The molecule has 18 heavy (non-hydrogen) atoms. The Morgan fingerprint density at radius 2 is 2.33 bits per heavy atom. The average molecular weight is 268 g/mol. The van der Waals surface area contributed by atoms with Crippen LogP contribution in [0.15, 0.2) is 0 Å². The summed E-state index contributed by atoms with van der Waals surface area (Å²) in [7, 11) is 0. The Balaban J connectivity index is 1.61. The molecule has 1 saturated heterocycles. The molecule has 2 heterocycles. The second kappa shape index (κ2) is 4.81. The van der Waals surface area contributed by atoms with Crippen molar-refractivity contribution in [2.24, 2.45) is 0 Å². The molecule has 1 aliphatic heterocycles. The fraction of sp³-hybridized carbons (Fsp3) is 0.727. The molecule has 3 rings (SSSR count). The van der Waals surface area contributed by atoms with Gasteiger partial charge in [0.2, 0.25) is 5.13 Å². The van der Waals surface area contributed by atoms with Gasteiger partial charge in [-0.1, -0.05) is 11.3 Å². The predicted molar refractivity (Wildman–Crippen MR) is 67.9 cm³/mol. The van der Waals surface area contributed by atoms with Crippen molar-refractivity contribution in [2.45, 2.75) is 31.7 Å². The second-order valence-corrected chi connectivity index (χ2v) is 5.78. The highest BCUT2D eigenvalue weighted by molar-refractivity contribution is 7.15. The highest BCUT2D eigenvalue weighted by atomic mass is 32.1. The van der Waals surface area contributed by atoms with E-state index in [1.807, 2.05) is 6.92 Å². The largest absolute Gasteiger partial charge is 0.377 e. The third-order valence-corrected chi connectivity index (χ3v) is 4.21. The standard InChI is InChI=1S/C11H16N4O2S/c1-7-6-17-5-4-15(7)11(16)12-10-14-13-9(18-10)8-2-3-8/h7-8H,2-6H2,1H3,(H,12,14,16). The van der Waals surface area contributed by atoms with Gasteiger partial charge in [0.25, 0.3) is 0 Å². The zero-order valence-electron chi connectivity index (χ0n) is 10.3. The van der Waals surface area contributed by atoms with Crippen molar-refractivity contribution in [1.82, 2.24) is 15.1 Å². The highest BCUT2D eigenvalue weighted by Crippen LogP contribution is 2.42. The molecule has 1 aromatic heterocycles. The van der Waals surface area contributed by atoms with Gasteiger partial charge in [-0.05, 0) is 19.8 Å². The summed E-state index contributed by atoms with van der Waals surface area (Å²) in [4.78, 5) is 13.9. The van der Waals surface area contributed by atoms with E-state index in [4.69, 9.17) is 4.74 Å². The number of ether oxygens (including phenoxy) is 1. The molecule has 2 amide bonds. The van der Waals surface area contributed by atoms with Gasteiger partial charge in [0.15, 0.2) is 0 Å². The lowest BCUT2D eigenvalue weighted by molar-refractivity contribution is 0.0221. The number of rotatable bonds is 2. The number of hydrogen-bond donors (Lipinski definition) is 1. The molecule has 1 aromatic rings. The van der Waals surface area contributed by atoms with Gasteiger partial charge in [0.1, 0.15) is 5.01 Å². The van der Waals surface area contributed by atoms with Crippen molar-refractivity contribution in [1.29, 1.82) is 0 Å². The molecule has 0 spiro atoms. The minimum absolute atomic E-state index is 0.106. The van der Waals surface area contributed by atoms with Gasteiger partial charge in [0.05, 0.1) is 19.3 Å². The van der Waals surface area contributed by atoms with Gasteiger partial charge in [-0.25, -0.2) is 4.79 Å². The molecule has 0 aromatic carbocycles. The summed E-state index contributed by atoms with van der Waals surface area (Å²) in [5, 5.41) is 12.6. The maximum absolute atomic E-state index is 12.1. The summed E-state index contributed by atoms with van der Waals surface area (Å²) < 4.78 is 5.31. The van der Waals surface area contributed by atoms with E-state index in [-0.39, 0.29) is 12.1 Å². The van der Waals surface area contributed by atoms with E-state index in [0.717, 1.165) is 5.01 Å². The van der Waals surface area contributed by atoms with Crippen LogP contribution in [-0.4, -0.2) is 46.9 Å². The number of urea groups is 1. The molecular formula is C11H16N4O2S. The molecule has 7 heteroatoms. The van der Waals surface area contributed by atoms with Crippen molar-refractivity contribution >= 4 is 22.5 Å². The molecule has 2 aliphatic rings. The minimum Gasteiger partial charge on any atom is -0.377 e. The summed E-state index contributed by atoms with van der Waals surface area (Å²) in [5.74, 6) is 0.579. The van der Waals surface area contributed by atoms with Crippen LogP contribution in [0.5, 0.6) is 0 Å². The normalized spacial score (nSPS) is 24.1. The zero-order valence-corrected chi connectivity index (χ0v) is 11.1. The smallest absolute Gasteiger partial charge is 0.324 e. The fourth-order valence-corrected chi connectivity index (χ4v) is 2.87. The first-order valence-corrected chi connectivity index (χ1v) is 7.04. The molecule has 1 N–H and O–H groups in total. The monoisotopic (exact) mass is 268 g/mol. The quantitative estimate of drug-likeness (QED) is 0.886. The molecule has 1 aliphatic carbocycles. The van der Waals surface area contributed by atoms with Crippen molar-refractivity contribution in [2.75, 3.05) is 25.1 Å². The average Bonchev–Trinajstić information content (AvgIpc) is 3.11. The number of carbonyl (C=O) groups is 1. The van der Waals surface area contributed by atoms with Gasteiger partial charge >= 0.3 is 6.03 Å². The number of carbonyl (C=O) groups excluding carboxylic acids is 1. The van der Waals surface area contributed by atoms with Crippen LogP contribution >= 0.6 is 11.3 Å². The third-order valence-electron chi connectivity index (χ3n) is 3.21. The Morgan fingerprint density at radius 1 is 1.50 bits per heavy atom. The molecule has 1 saturated carbocycles. The molecular weight excluding hydrogens is 252 g/mol. The lowest BCUT2D eigenvalue weighted by Gasteiger charge is -2.32. The van der Waals surface area contributed by atoms with Crippen LogP contribution in [0.3, 0.4) is 0 Å². The van der Waals surface area contributed by atoms with Crippen molar-refractivity contribution < 1.29 is 9.53 Å². The SMILES string of the molecule is CC1COCCN1C(=O)Nc1nnc(C2CC2)s1. The third kappa shape index (κ3) is 2.46. The molecule has 1 atom stereocenters. The first kappa shape index (κ1) is 11.9. The summed E-state index contributed by atoms with van der Waals surface area (Å²) in [5.41, 5.74) is 0. The zero-order chi connectivity index (χ0) is 12.5. The van der Waals surface area contributed by atoms with Crippen LogP contribution in [0.1, 0.15) is 30.7 Å². The van der Waals surface area contributed by atoms with Gasteiger partial charge < -0.3 is 9.64 Å². The van der Waals surface area contributed by atoms with Crippen LogP contribution in [0.2, 0.25) is 0 Å². The highest BCUT2D eigenvalue weighted by Gasteiger charge is 2.29. The Morgan fingerprint density at radius 3 is 3.06 bits per heavy atom. The van der Waals surface area contributed by atoms with Crippen LogP contribution in [-0.2, 0) is 4.74 Å². The van der Waals surface area contributed by atoms with E-state index < -0.39 is 0 Å². The summed E-state index contributed by atoms with van der Waals surface area (Å²) in [6, 6.07) is -0.00105. The van der Waals surface area contributed by atoms with Gasteiger partial charge in [-0.3, -0.25) is 5.32 Å². The number of morpholine rings is 1. The van der Waals surface area contributed by atoms with Crippen molar-refractivity contribution in [3.05, 3.63) is 5.01 Å². The molecule has 1 unspecified atom stereocenters. The molecule has 98 valence electrons. The molecule has 0 bridgehead atoms. The molecule has 2 fully saturated rings. The molecule has 6 nitrogen and oxygen atoms in total. The first-order valence-electron chi connectivity index (χ1n) is 6.23. The second-order valence-electron chi connectivity index (χ2n) is 4.77. The summed E-state index contributed by atoms with van der Waals surface area (Å²) in [6.07, 6.45) is 2.39. The van der Waals surface area contributed by atoms with E-state index in [9.17, 15) is 4.79 Å². The number of amides is 2. The van der Waals surface area contributed by atoms with E-state index in [1.54, 1.807) is 4.90 Å².